The maximum atomic E-state index is 5.68. The SMILES string of the molecule is c1ccc2c(c1)-c1cccc3ccc4c(c13)c1c-2cccc1n4-c1nc2c(ccc3ccccc32)nc1-c1cccc2c1sc1ccccc12. The van der Waals surface area contributed by atoms with Crippen LogP contribution in [0.3, 0.4) is 0 Å². The van der Waals surface area contributed by atoms with Crippen LogP contribution < -0.4 is 0 Å². The molecule has 0 N–H and O–H groups in total. The van der Waals surface area contributed by atoms with E-state index in [-0.39, 0.29) is 0 Å². The van der Waals surface area contributed by atoms with Gasteiger partial charge in [-0.05, 0) is 62.7 Å². The molecule has 0 unspecified atom stereocenters. The summed E-state index contributed by atoms with van der Waals surface area (Å²) in [5.74, 6) is 0.849. The molecule has 1 aliphatic carbocycles. The molecule has 0 saturated carbocycles. The monoisotopic (exact) mass is 651 g/mol. The minimum atomic E-state index is 0.849. The normalized spacial score (nSPS) is 12.4. The number of fused-ring (bicyclic) bond motifs is 9. The van der Waals surface area contributed by atoms with Gasteiger partial charge in [0.05, 0.1) is 22.1 Å². The Morgan fingerprint density at radius 3 is 1.96 bits per heavy atom. The molecule has 4 heteroatoms. The van der Waals surface area contributed by atoms with E-state index in [2.05, 4.69) is 156 Å². The molecule has 12 rings (SSSR count). The fourth-order valence-corrected chi connectivity index (χ4v) is 9.82. The maximum absolute atomic E-state index is 5.68. The lowest BCUT2D eigenvalue weighted by atomic mass is 9.93. The zero-order valence-corrected chi connectivity index (χ0v) is 27.5. The van der Waals surface area contributed by atoms with Crippen molar-refractivity contribution in [1.29, 1.82) is 0 Å². The van der Waals surface area contributed by atoms with Crippen molar-refractivity contribution in [3.63, 3.8) is 0 Å². The van der Waals surface area contributed by atoms with Crippen LogP contribution in [0.2, 0.25) is 0 Å². The van der Waals surface area contributed by atoms with Crippen molar-refractivity contribution in [2.75, 3.05) is 0 Å². The first kappa shape index (κ1) is 26.6. The molecule has 0 amide bonds. The van der Waals surface area contributed by atoms with E-state index in [4.69, 9.17) is 9.97 Å². The summed E-state index contributed by atoms with van der Waals surface area (Å²) in [7, 11) is 0. The number of benzene rings is 8. The molecule has 3 aromatic heterocycles. The van der Waals surface area contributed by atoms with Gasteiger partial charge >= 0.3 is 0 Å². The Kier molecular flexibility index (Phi) is 5.12. The van der Waals surface area contributed by atoms with Crippen LogP contribution in [0.25, 0.3) is 114 Å². The molecule has 0 bridgehead atoms. The van der Waals surface area contributed by atoms with Gasteiger partial charge in [0.2, 0.25) is 0 Å². The first-order valence-electron chi connectivity index (χ1n) is 17.0. The van der Waals surface area contributed by atoms with Crippen LogP contribution in [0.15, 0.2) is 152 Å². The molecule has 1 aliphatic rings. The molecule has 11 aromatic rings. The lowest BCUT2D eigenvalue weighted by Gasteiger charge is -2.16. The molecular weight excluding hydrogens is 627 g/mol. The van der Waals surface area contributed by atoms with E-state index in [1.54, 1.807) is 0 Å². The molecule has 0 saturated heterocycles. The highest BCUT2D eigenvalue weighted by Crippen LogP contribution is 2.50. The molecule has 0 fully saturated rings. The second-order valence-corrected chi connectivity index (χ2v) is 14.3. The standard InChI is InChI=1S/C46H25N3S/c1-2-12-28-26(10-1)22-24-36-43(28)48-46(44(47-36)35-19-8-18-34-31-15-5-6-21-39(31)50-45(34)35)49-37-20-9-17-33-30-14-4-3-13-29(30)32-16-7-11-27-23-25-38(49)42(40(27)32)41(33)37/h1-25H. The minimum Gasteiger partial charge on any atom is -0.292 e. The molecule has 0 atom stereocenters. The van der Waals surface area contributed by atoms with Gasteiger partial charge in [-0.15, -0.1) is 11.3 Å². The van der Waals surface area contributed by atoms with E-state index >= 15 is 0 Å². The van der Waals surface area contributed by atoms with Crippen molar-refractivity contribution in [2.45, 2.75) is 0 Å². The summed E-state index contributed by atoms with van der Waals surface area (Å²) in [4.78, 5) is 11.2. The van der Waals surface area contributed by atoms with Crippen LogP contribution in [0.1, 0.15) is 0 Å². The van der Waals surface area contributed by atoms with Crippen molar-refractivity contribution in [1.82, 2.24) is 14.5 Å². The third-order valence-electron chi connectivity index (χ3n) is 10.7. The predicted molar refractivity (Wildman–Crippen MR) is 212 cm³/mol. The highest BCUT2D eigenvalue weighted by molar-refractivity contribution is 7.26. The first-order chi connectivity index (χ1) is 24.8. The first-order valence-corrected chi connectivity index (χ1v) is 17.8. The smallest absolute Gasteiger partial charge is 0.165 e. The summed E-state index contributed by atoms with van der Waals surface area (Å²) < 4.78 is 4.90. The van der Waals surface area contributed by atoms with Crippen molar-refractivity contribution in [3.8, 4) is 39.3 Å². The minimum absolute atomic E-state index is 0.849. The summed E-state index contributed by atoms with van der Waals surface area (Å²) in [6.45, 7) is 0. The summed E-state index contributed by atoms with van der Waals surface area (Å²) >= 11 is 1.83. The van der Waals surface area contributed by atoms with Gasteiger partial charge in [0.1, 0.15) is 5.69 Å². The zero-order chi connectivity index (χ0) is 32.5. The Morgan fingerprint density at radius 2 is 1.06 bits per heavy atom. The quantitative estimate of drug-likeness (QED) is 0.174. The summed E-state index contributed by atoms with van der Waals surface area (Å²) in [6, 6.07) is 55.0. The van der Waals surface area contributed by atoms with Crippen LogP contribution in [0.4, 0.5) is 0 Å². The number of aromatic nitrogens is 3. The van der Waals surface area contributed by atoms with E-state index in [1.165, 1.54) is 64.0 Å². The van der Waals surface area contributed by atoms with Gasteiger partial charge in [0, 0.05) is 41.9 Å². The van der Waals surface area contributed by atoms with Crippen LogP contribution in [0, 0.1) is 0 Å². The van der Waals surface area contributed by atoms with Crippen LogP contribution in [-0.4, -0.2) is 14.5 Å². The number of hydrogen-bond acceptors (Lipinski definition) is 3. The number of nitrogens with zero attached hydrogens (tertiary/aromatic N) is 3. The Hall–Kier alpha value is -6.36. The van der Waals surface area contributed by atoms with E-state index in [0.717, 1.165) is 49.9 Å². The van der Waals surface area contributed by atoms with Gasteiger partial charge in [0.25, 0.3) is 0 Å². The molecule has 3 nitrogen and oxygen atoms in total. The van der Waals surface area contributed by atoms with Crippen molar-refractivity contribution < 1.29 is 0 Å². The second kappa shape index (κ2) is 9.63. The van der Waals surface area contributed by atoms with Crippen LogP contribution >= 0.6 is 11.3 Å². The average Bonchev–Trinajstić information content (AvgIpc) is 3.69. The molecule has 50 heavy (non-hydrogen) atoms. The summed E-state index contributed by atoms with van der Waals surface area (Å²) in [5.41, 5.74) is 11.1. The molecule has 0 radical (unpaired) electrons. The Bertz CT molecular complexity index is 3270. The van der Waals surface area contributed by atoms with Crippen molar-refractivity contribution in [2.24, 2.45) is 0 Å². The Morgan fingerprint density at radius 1 is 0.420 bits per heavy atom. The number of thiophene rings is 1. The average molecular weight is 652 g/mol. The van der Waals surface area contributed by atoms with Gasteiger partial charge in [-0.3, -0.25) is 4.57 Å². The molecule has 0 aliphatic heterocycles. The van der Waals surface area contributed by atoms with Crippen molar-refractivity contribution >= 4 is 85.9 Å². The number of rotatable bonds is 2. The zero-order valence-electron chi connectivity index (χ0n) is 26.7. The maximum Gasteiger partial charge on any atom is 0.165 e. The van der Waals surface area contributed by atoms with Gasteiger partial charge in [0.15, 0.2) is 5.82 Å². The van der Waals surface area contributed by atoms with Crippen LogP contribution in [0.5, 0.6) is 0 Å². The Labute approximate surface area is 290 Å². The van der Waals surface area contributed by atoms with Crippen molar-refractivity contribution in [3.05, 3.63) is 152 Å². The molecule has 3 heterocycles. The fourth-order valence-electron chi connectivity index (χ4n) is 8.61. The third-order valence-corrected chi connectivity index (χ3v) is 11.9. The largest absolute Gasteiger partial charge is 0.292 e. The van der Waals surface area contributed by atoms with Gasteiger partial charge in [-0.1, -0.05) is 127 Å². The number of hydrogen-bond donors (Lipinski definition) is 0. The second-order valence-electron chi connectivity index (χ2n) is 13.3. The van der Waals surface area contributed by atoms with E-state index < -0.39 is 0 Å². The highest BCUT2D eigenvalue weighted by atomic mass is 32.1. The third kappa shape index (κ3) is 3.38. The predicted octanol–water partition coefficient (Wildman–Crippen LogP) is 12.7. The van der Waals surface area contributed by atoms with Gasteiger partial charge < -0.3 is 0 Å². The van der Waals surface area contributed by atoms with Gasteiger partial charge in [-0.25, -0.2) is 9.97 Å². The van der Waals surface area contributed by atoms with Gasteiger partial charge in [-0.2, -0.15) is 0 Å². The highest BCUT2D eigenvalue weighted by Gasteiger charge is 2.27. The fraction of sp³-hybridized carbons (Fsp3) is 0. The Balaban J connectivity index is 1.30. The molecule has 230 valence electrons. The lowest BCUT2D eigenvalue weighted by molar-refractivity contribution is 1.08. The molecule has 8 aromatic carbocycles. The molecule has 0 spiro atoms. The van der Waals surface area contributed by atoms with E-state index in [1.807, 2.05) is 11.3 Å². The summed E-state index contributed by atoms with van der Waals surface area (Å²) in [6.07, 6.45) is 0. The summed E-state index contributed by atoms with van der Waals surface area (Å²) in [5, 5.41) is 9.85. The topological polar surface area (TPSA) is 30.7 Å². The van der Waals surface area contributed by atoms with E-state index in [9.17, 15) is 0 Å². The lowest BCUT2D eigenvalue weighted by Crippen LogP contribution is -2.04. The van der Waals surface area contributed by atoms with E-state index in [0.29, 0.717) is 0 Å². The van der Waals surface area contributed by atoms with Crippen LogP contribution in [-0.2, 0) is 0 Å². The molecular formula is C46H25N3S.